The highest BCUT2D eigenvalue weighted by Gasteiger charge is 2.29. The van der Waals surface area contributed by atoms with Crippen LogP contribution >= 0.6 is 11.3 Å². The van der Waals surface area contributed by atoms with E-state index in [1.807, 2.05) is 36.6 Å². The summed E-state index contributed by atoms with van der Waals surface area (Å²) >= 11 is 1.61. The van der Waals surface area contributed by atoms with Crippen molar-refractivity contribution in [2.45, 2.75) is 32.2 Å². The predicted octanol–water partition coefficient (Wildman–Crippen LogP) is 3.49. The molecule has 0 bridgehead atoms. The van der Waals surface area contributed by atoms with Crippen molar-refractivity contribution < 1.29 is 9.32 Å². The zero-order chi connectivity index (χ0) is 19.8. The molecule has 0 aliphatic heterocycles. The average Bonchev–Trinajstić information content (AvgIpc) is 3.13. The fourth-order valence-corrected chi connectivity index (χ4v) is 3.71. The van der Waals surface area contributed by atoms with E-state index in [0.717, 1.165) is 29.1 Å². The lowest BCUT2D eigenvalue weighted by molar-refractivity contribution is 0.0950. The summed E-state index contributed by atoms with van der Waals surface area (Å²) in [6.07, 6.45) is 5.46. The van der Waals surface area contributed by atoms with E-state index in [1.54, 1.807) is 28.4 Å². The minimum Gasteiger partial charge on any atom is -0.347 e. The number of carbonyl (C=O) groups excluding carboxylic acids is 1. The van der Waals surface area contributed by atoms with Crippen molar-refractivity contribution >= 4 is 17.2 Å². The molecule has 0 radical (unpaired) electrons. The summed E-state index contributed by atoms with van der Waals surface area (Å²) in [5.74, 6) is 2.08. The van der Waals surface area contributed by atoms with Gasteiger partial charge < -0.3 is 9.84 Å². The normalized spacial score (nSPS) is 13.6. The first-order valence-corrected chi connectivity index (χ1v) is 10.2. The van der Waals surface area contributed by atoms with Crippen LogP contribution in [0, 0.1) is 6.92 Å². The molecule has 8 nitrogen and oxygen atoms in total. The largest absolute Gasteiger partial charge is 0.347 e. The topological polar surface area (TPSA) is 98.7 Å². The molecule has 1 N–H and O–H groups in total. The van der Waals surface area contributed by atoms with Gasteiger partial charge in [0.05, 0.1) is 24.0 Å². The fourth-order valence-electron chi connectivity index (χ4n) is 3.07. The van der Waals surface area contributed by atoms with Gasteiger partial charge in [0, 0.05) is 22.6 Å². The van der Waals surface area contributed by atoms with Crippen LogP contribution in [0.1, 0.15) is 45.5 Å². The second-order valence-electron chi connectivity index (χ2n) is 6.95. The standard InChI is InChI=1S/C20H18N6O2S/c1-12-16(19(27)22-10-15-3-2-8-29-15)11-23-26(12)17-9-14(6-7-21-17)20-24-18(25-28-20)13-4-5-13/h2-3,6-9,11,13H,4-5,10H2,1H3,(H,22,27). The maximum Gasteiger partial charge on any atom is 0.258 e. The van der Waals surface area contributed by atoms with E-state index < -0.39 is 0 Å². The first kappa shape index (κ1) is 17.7. The second kappa shape index (κ2) is 7.25. The van der Waals surface area contributed by atoms with Crippen molar-refractivity contribution in [2.75, 3.05) is 0 Å². The van der Waals surface area contributed by atoms with Crippen LogP contribution in [-0.2, 0) is 6.54 Å². The van der Waals surface area contributed by atoms with Gasteiger partial charge in [-0.1, -0.05) is 11.2 Å². The van der Waals surface area contributed by atoms with Gasteiger partial charge in [-0.15, -0.1) is 11.3 Å². The van der Waals surface area contributed by atoms with Crippen LogP contribution in [-0.4, -0.2) is 30.8 Å². The molecule has 1 fully saturated rings. The van der Waals surface area contributed by atoms with Gasteiger partial charge in [0.1, 0.15) is 0 Å². The van der Waals surface area contributed by atoms with Crippen LogP contribution < -0.4 is 5.32 Å². The summed E-state index contributed by atoms with van der Waals surface area (Å²) in [4.78, 5) is 22.5. The molecule has 1 aliphatic carbocycles. The number of hydrogen-bond acceptors (Lipinski definition) is 7. The molecule has 0 aromatic carbocycles. The van der Waals surface area contributed by atoms with Crippen LogP contribution in [0.5, 0.6) is 0 Å². The van der Waals surface area contributed by atoms with Crippen molar-refractivity contribution in [2.24, 2.45) is 0 Å². The molecule has 1 aliphatic rings. The van der Waals surface area contributed by atoms with Crippen LogP contribution in [0.3, 0.4) is 0 Å². The Morgan fingerprint density at radius 2 is 2.28 bits per heavy atom. The minimum absolute atomic E-state index is 0.163. The highest BCUT2D eigenvalue weighted by atomic mass is 32.1. The molecule has 4 aromatic heterocycles. The summed E-state index contributed by atoms with van der Waals surface area (Å²) in [6.45, 7) is 2.34. The molecule has 1 amide bonds. The molecule has 0 spiro atoms. The second-order valence-corrected chi connectivity index (χ2v) is 7.98. The van der Waals surface area contributed by atoms with E-state index in [9.17, 15) is 4.79 Å². The number of amides is 1. The first-order chi connectivity index (χ1) is 14.2. The maximum absolute atomic E-state index is 12.6. The number of nitrogens with zero attached hydrogens (tertiary/aromatic N) is 5. The van der Waals surface area contributed by atoms with E-state index >= 15 is 0 Å². The molecule has 0 unspecified atom stereocenters. The van der Waals surface area contributed by atoms with E-state index in [-0.39, 0.29) is 5.91 Å². The Balaban J connectivity index is 1.37. The number of nitrogens with one attached hydrogen (secondary N) is 1. The number of thiophene rings is 1. The van der Waals surface area contributed by atoms with Crippen LogP contribution in [0.25, 0.3) is 17.3 Å². The number of carbonyl (C=O) groups is 1. The Morgan fingerprint density at radius 3 is 3.07 bits per heavy atom. The molecule has 4 heterocycles. The van der Waals surface area contributed by atoms with Gasteiger partial charge in [-0.05, 0) is 43.3 Å². The zero-order valence-electron chi connectivity index (χ0n) is 15.7. The third kappa shape index (κ3) is 3.56. The third-order valence-corrected chi connectivity index (χ3v) is 5.73. The minimum atomic E-state index is -0.163. The average molecular weight is 406 g/mol. The molecule has 0 saturated heterocycles. The lowest BCUT2D eigenvalue weighted by atomic mass is 10.2. The first-order valence-electron chi connectivity index (χ1n) is 9.34. The molecular formula is C20H18N6O2S. The van der Waals surface area contributed by atoms with E-state index in [4.69, 9.17) is 4.52 Å². The maximum atomic E-state index is 12.6. The van der Waals surface area contributed by atoms with Crippen LogP contribution in [0.2, 0.25) is 0 Å². The monoisotopic (exact) mass is 406 g/mol. The van der Waals surface area contributed by atoms with Gasteiger partial charge in [0.15, 0.2) is 11.6 Å². The van der Waals surface area contributed by atoms with E-state index in [0.29, 0.717) is 35.4 Å². The van der Waals surface area contributed by atoms with Gasteiger partial charge >= 0.3 is 0 Å². The number of pyridine rings is 1. The van der Waals surface area contributed by atoms with Crippen molar-refractivity contribution in [3.8, 4) is 17.3 Å². The Labute approximate surface area is 170 Å². The summed E-state index contributed by atoms with van der Waals surface area (Å²) in [6, 6.07) is 7.60. The molecule has 29 heavy (non-hydrogen) atoms. The molecular weight excluding hydrogens is 388 g/mol. The van der Waals surface area contributed by atoms with Crippen molar-refractivity contribution in [3.63, 3.8) is 0 Å². The van der Waals surface area contributed by atoms with Crippen molar-refractivity contribution in [3.05, 3.63) is 64.0 Å². The predicted molar refractivity (Wildman–Crippen MR) is 107 cm³/mol. The third-order valence-electron chi connectivity index (χ3n) is 4.85. The SMILES string of the molecule is Cc1c(C(=O)NCc2cccs2)cnn1-c1cc(-c2nc(C3CC3)no2)ccn1. The summed E-state index contributed by atoms with van der Waals surface area (Å²) < 4.78 is 7.04. The van der Waals surface area contributed by atoms with E-state index in [1.165, 1.54) is 0 Å². The Kier molecular flexibility index (Phi) is 4.44. The number of aromatic nitrogens is 5. The summed E-state index contributed by atoms with van der Waals surface area (Å²) in [5, 5.41) is 13.3. The molecule has 4 aromatic rings. The van der Waals surface area contributed by atoms with Gasteiger partial charge in [-0.3, -0.25) is 4.79 Å². The highest BCUT2D eigenvalue weighted by Crippen LogP contribution is 2.38. The number of hydrogen-bond donors (Lipinski definition) is 1. The number of rotatable bonds is 6. The smallest absolute Gasteiger partial charge is 0.258 e. The molecule has 5 rings (SSSR count). The van der Waals surface area contributed by atoms with Gasteiger partial charge in [-0.25, -0.2) is 9.67 Å². The lowest BCUT2D eigenvalue weighted by Gasteiger charge is -2.06. The summed E-state index contributed by atoms with van der Waals surface area (Å²) in [5.41, 5.74) is 2.00. The van der Waals surface area contributed by atoms with Crippen molar-refractivity contribution in [1.82, 2.24) is 30.2 Å². The molecule has 1 saturated carbocycles. The van der Waals surface area contributed by atoms with Gasteiger partial charge in [0.2, 0.25) is 0 Å². The van der Waals surface area contributed by atoms with Crippen LogP contribution in [0.4, 0.5) is 0 Å². The molecule has 146 valence electrons. The zero-order valence-corrected chi connectivity index (χ0v) is 16.5. The quantitative estimate of drug-likeness (QED) is 0.526. The van der Waals surface area contributed by atoms with Gasteiger partial charge in [-0.2, -0.15) is 10.1 Å². The molecule has 0 atom stereocenters. The van der Waals surface area contributed by atoms with Crippen molar-refractivity contribution in [1.29, 1.82) is 0 Å². The Bertz CT molecular complexity index is 1160. The van der Waals surface area contributed by atoms with Crippen LogP contribution in [0.15, 0.2) is 46.6 Å². The summed E-state index contributed by atoms with van der Waals surface area (Å²) in [7, 11) is 0. The van der Waals surface area contributed by atoms with Gasteiger partial charge in [0.25, 0.3) is 11.8 Å². The highest BCUT2D eigenvalue weighted by molar-refractivity contribution is 7.09. The van der Waals surface area contributed by atoms with E-state index in [2.05, 4.69) is 25.5 Å². The fraction of sp³-hybridized carbons (Fsp3) is 0.250. The lowest BCUT2D eigenvalue weighted by Crippen LogP contribution is -2.22. The Morgan fingerprint density at radius 1 is 1.38 bits per heavy atom. The Hall–Kier alpha value is -3.33. The molecule has 9 heteroatoms.